The molecular weight excluding hydrogens is 378 g/mol. The van der Waals surface area contributed by atoms with E-state index >= 15 is 0 Å². The smallest absolute Gasteiger partial charge is 0.254 e. The van der Waals surface area contributed by atoms with Gasteiger partial charge in [-0.05, 0) is 44.0 Å². The molecule has 8 heteroatoms. The average Bonchev–Trinajstić information content (AvgIpc) is 3.15. The molecular formula is C20H22ClN5O2. The SMILES string of the molecule is CCC(C)N(CC(=O)Nc1c(C)cccc1Cl)C(=O)c1ccn2nncc2c1. The molecule has 0 aliphatic carbocycles. The highest BCUT2D eigenvalue weighted by atomic mass is 35.5. The van der Waals surface area contributed by atoms with Crippen LogP contribution in [0.15, 0.2) is 42.7 Å². The second-order valence-electron chi connectivity index (χ2n) is 6.69. The van der Waals surface area contributed by atoms with Gasteiger partial charge in [-0.1, -0.05) is 35.9 Å². The number of amides is 2. The molecule has 28 heavy (non-hydrogen) atoms. The van der Waals surface area contributed by atoms with E-state index in [-0.39, 0.29) is 24.4 Å². The van der Waals surface area contributed by atoms with E-state index in [0.29, 0.717) is 21.8 Å². The molecule has 0 fully saturated rings. The Bertz CT molecular complexity index is 997. The van der Waals surface area contributed by atoms with E-state index in [0.717, 1.165) is 12.0 Å². The molecule has 1 aromatic carbocycles. The van der Waals surface area contributed by atoms with Crippen LogP contribution in [0.2, 0.25) is 5.02 Å². The number of pyridine rings is 1. The predicted molar refractivity (Wildman–Crippen MR) is 109 cm³/mol. The van der Waals surface area contributed by atoms with E-state index < -0.39 is 0 Å². The summed E-state index contributed by atoms with van der Waals surface area (Å²) >= 11 is 6.19. The number of nitrogens with zero attached hydrogens (tertiary/aromatic N) is 4. The number of benzene rings is 1. The Balaban J connectivity index is 1.81. The number of para-hydroxylation sites is 1. The van der Waals surface area contributed by atoms with Crippen LogP contribution in [0.25, 0.3) is 5.52 Å². The van der Waals surface area contributed by atoms with E-state index in [4.69, 9.17) is 11.6 Å². The summed E-state index contributed by atoms with van der Waals surface area (Å²) in [6, 6.07) is 8.70. The topological polar surface area (TPSA) is 79.6 Å². The van der Waals surface area contributed by atoms with Gasteiger partial charge in [0.1, 0.15) is 6.54 Å². The fourth-order valence-electron chi connectivity index (χ4n) is 2.90. The van der Waals surface area contributed by atoms with Gasteiger partial charge in [0.25, 0.3) is 5.91 Å². The van der Waals surface area contributed by atoms with Gasteiger partial charge in [0.2, 0.25) is 5.91 Å². The number of carbonyl (C=O) groups excluding carboxylic acids is 2. The van der Waals surface area contributed by atoms with Crippen molar-refractivity contribution in [2.24, 2.45) is 0 Å². The van der Waals surface area contributed by atoms with E-state index in [9.17, 15) is 9.59 Å². The van der Waals surface area contributed by atoms with Crippen LogP contribution in [0.4, 0.5) is 5.69 Å². The maximum absolute atomic E-state index is 13.1. The third-order valence-electron chi connectivity index (χ3n) is 4.73. The minimum absolute atomic E-state index is 0.0683. The monoisotopic (exact) mass is 399 g/mol. The standard InChI is InChI=1S/C20H22ClN5O2/c1-4-14(3)25(12-18(27)23-19-13(2)6-5-7-17(19)21)20(28)15-8-9-26-16(10-15)11-22-24-26/h5-11,14H,4,12H2,1-3H3,(H,23,27). The first-order valence-electron chi connectivity index (χ1n) is 9.06. The number of nitrogens with one attached hydrogen (secondary N) is 1. The molecule has 3 rings (SSSR count). The predicted octanol–water partition coefficient (Wildman–Crippen LogP) is 3.57. The molecule has 0 saturated heterocycles. The van der Waals surface area contributed by atoms with Crippen molar-refractivity contribution in [2.75, 3.05) is 11.9 Å². The molecule has 1 unspecified atom stereocenters. The number of hydrogen-bond acceptors (Lipinski definition) is 4. The summed E-state index contributed by atoms with van der Waals surface area (Å²) in [5, 5.41) is 11.0. The lowest BCUT2D eigenvalue weighted by molar-refractivity contribution is -0.117. The average molecular weight is 400 g/mol. The van der Waals surface area contributed by atoms with Crippen molar-refractivity contribution in [3.8, 4) is 0 Å². The van der Waals surface area contributed by atoms with E-state index in [1.807, 2.05) is 32.9 Å². The minimum Gasteiger partial charge on any atom is -0.327 e. The van der Waals surface area contributed by atoms with Crippen molar-refractivity contribution in [1.82, 2.24) is 19.7 Å². The van der Waals surface area contributed by atoms with Crippen molar-refractivity contribution in [3.63, 3.8) is 0 Å². The number of aryl methyl sites for hydroxylation is 1. The summed E-state index contributed by atoms with van der Waals surface area (Å²) in [7, 11) is 0. The summed E-state index contributed by atoms with van der Waals surface area (Å²) in [5.74, 6) is -0.513. The van der Waals surface area contributed by atoms with Gasteiger partial charge in [-0.2, -0.15) is 0 Å². The summed E-state index contributed by atoms with van der Waals surface area (Å²) < 4.78 is 1.58. The third-order valence-corrected chi connectivity index (χ3v) is 5.05. The zero-order chi connectivity index (χ0) is 20.3. The van der Waals surface area contributed by atoms with Gasteiger partial charge in [-0.25, -0.2) is 4.52 Å². The molecule has 0 saturated carbocycles. The summed E-state index contributed by atoms with van der Waals surface area (Å²) in [6.45, 7) is 5.70. The van der Waals surface area contributed by atoms with Crippen LogP contribution in [0.5, 0.6) is 0 Å². The molecule has 7 nitrogen and oxygen atoms in total. The van der Waals surface area contributed by atoms with Gasteiger partial charge >= 0.3 is 0 Å². The summed E-state index contributed by atoms with van der Waals surface area (Å²) in [6.07, 6.45) is 3.98. The lowest BCUT2D eigenvalue weighted by Gasteiger charge is -2.28. The van der Waals surface area contributed by atoms with Crippen LogP contribution in [0.1, 0.15) is 36.2 Å². The fraction of sp³-hybridized carbons (Fsp3) is 0.300. The highest BCUT2D eigenvalue weighted by Gasteiger charge is 2.24. The molecule has 3 aromatic rings. The second-order valence-corrected chi connectivity index (χ2v) is 7.10. The largest absolute Gasteiger partial charge is 0.327 e. The van der Waals surface area contributed by atoms with Crippen LogP contribution >= 0.6 is 11.6 Å². The Morgan fingerprint density at radius 2 is 2.11 bits per heavy atom. The highest BCUT2D eigenvalue weighted by molar-refractivity contribution is 6.34. The minimum atomic E-state index is -0.294. The molecule has 146 valence electrons. The van der Waals surface area contributed by atoms with Crippen LogP contribution in [-0.4, -0.2) is 44.1 Å². The van der Waals surface area contributed by atoms with Crippen molar-refractivity contribution >= 4 is 34.6 Å². The van der Waals surface area contributed by atoms with Gasteiger partial charge in [-0.3, -0.25) is 9.59 Å². The first kappa shape index (κ1) is 19.8. The quantitative estimate of drug-likeness (QED) is 0.687. The van der Waals surface area contributed by atoms with Crippen molar-refractivity contribution in [1.29, 1.82) is 0 Å². The molecule has 0 aliphatic heterocycles. The lowest BCUT2D eigenvalue weighted by atomic mass is 10.1. The Morgan fingerprint density at radius 3 is 2.82 bits per heavy atom. The summed E-state index contributed by atoms with van der Waals surface area (Å²) in [4.78, 5) is 27.3. The number of aromatic nitrogens is 3. The number of halogens is 1. The van der Waals surface area contributed by atoms with Crippen molar-refractivity contribution in [2.45, 2.75) is 33.2 Å². The molecule has 0 spiro atoms. The lowest BCUT2D eigenvalue weighted by Crippen LogP contribution is -2.43. The van der Waals surface area contributed by atoms with Gasteiger partial charge in [0, 0.05) is 17.8 Å². The number of fused-ring (bicyclic) bond motifs is 1. The Kier molecular flexibility index (Phi) is 5.94. The van der Waals surface area contributed by atoms with Gasteiger partial charge in [0.05, 0.1) is 22.4 Å². The zero-order valence-electron chi connectivity index (χ0n) is 16.0. The van der Waals surface area contributed by atoms with Gasteiger partial charge < -0.3 is 10.2 Å². The molecule has 2 heterocycles. The molecule has 1 N–H and O–H groups in total. The maximum atomic E-state index is 13.1. The Labute approximate surface area is 168 Å². The molecule has 2 aromatic heterocycles. The molecule has 0 aliphatic rings. The Morgan fingerprint density at radius 1 is 1.32 bits per heavy atom. The summed E-state index contributed by atoms with van der Waals surface area (Å²) in [5.41, 5.74) is 2.63. The number of hydrogen-bond donors (Lipinski definition) is 1. The van der Waals surface area contributed by atoms with Crippen molar-refractivity contribution in [3.05, 3.63) is 58.9 Å². The second kappa shape index (κ2) is 8.39. The van der Waals surface area contributed by atoms with Gasteiger partial charge in [-0.15, -0.1) is 5.10 Å². The molecule has 0 radical (unpaired) electrons. The zero-order valence-corrected chi connectivity index (χ0v) is 16.8. The number of carbonyl (C=O) groups is 2. The molecule has 1 atom stereocenters. The van der Waals surface area contributed by atoms with E-state index in [2.05, 4.69) is 15.6 Å². The molecule has 2 amide bonds. The number of rotatable bonds is 6. The van der Waals surface area contributed by atoms with Crippen LogP contribution in [-0.2, 0) is 4.79 Å². The van der Waals surface area contributed by atoms with Gasteiger partial charge in [0.15, 0.2) is 0 Å². The fourth-order valence-corrected chi connectivity index (χ4v) is 3.17. The normalized spacial score (nSPS) is 12.0. The maximum Gasteiger partial charge on any atom is 0.254 e. The number of anilines is 1. The van der Waals surface area contributed by atoms with Crippen LogP contribution in [0.3, 0.4) is 0 Å². The first-order valence-corrected chi connectivity index (χ1v) is 9.44. The van der Waals surface area contributed by atoms with Crippen LogP contribution < -0.4 is 5.32 Å². The van der Waals surface area contributed by atoms with E-state index in [1.54, 1.807) is 40.0 Å². The molecule has 0 bridgehead atoms. The first-order chi connectivity index (χ1) is 13.4. The third kappa shape index (κ3) is 4.14. The van der Waals surface area contributed by atoms with Crippen LogP contribution in [0, 0.1) is 6.92 Å². The Hall–Kier alpha value is -2.93. The van der Waals surface area contributed by atoms with Crippen molar-refractivity contribution < 1.29 is 9.59 Å². The highest BCUT2D eigenvalue weighted by Crippen LogP contribution is 2.25. The van der Waals surface area contributed by atoms with E-state index in [1.165, 1.54) is 0 Å².